The minimum absolute atomic E-state index is 0.225. The minimum atomic E-state index is -0.615. The average Bonchev–Trinajstić information content (AvgIpc) is 3.01. The summed E-state index contributed by atoms with van der Waals surface area (Å²) < 4.78 is 0. The molecule has 98 valence electrons. The quantitative estimate of drug-likeness (QED) is 0.909. The molecule has 3 unspecified atom stereocenters. The predicted octanol–water partition coefficient (Wildman–Crippen LogP) is 2.48. The Morgan fingerprint density at radius 1 is 1.50 bits per heavy atom. The van der Waals surface area contributed by atoms with Crippen LogP contribution in [0.1, 0.15) is 24.1 Å². The first-order chi connectivity index (χ1) is 8.75. The molecule has 1 aliphatic heterocycles. The lowest BCUT2D eigenvalue weighted by Crippen LogP contribution is -2.40. The smallest absolute Gasteiger partial charge is 0.321 e. The fourth-order valence-corrected chi connectivity index (χ4v) is 4.37. The maximum absolute atomic E-state index is 11.5. The van der Waals surface area contributed by atoms with Crippen molar-refractivity contribution in [3.8, 4) is 0 Å². The fraction of sp³-hybridized carbons (Fsp3) is 0.643. The van der Waals surface area contributed by atoms with E-state index in [2.05, 4.69) is 22.4 Å². The number of nitrogens with zero attached hydrogens (tertiary/aromatic N) is 1. The van der Waals surface area contributed by atoms with Crippen molar-refractivity contribution in [2.24, 2.45) is 11.8 Å². The Morgan fingerprint density at radius 3 is 3.11 bits per heavy atom. The van der Waals surface area contributed by atoms with Gasteiger partial charge >= 0.3 is 5.97 Å². The lowest BCUT2D eigenvalue weighted by molar-refractivity contribution is -0.143. The van der Waals surface area contributed by atoms with Crippen LogP contribution in [0.4, 0.5) is 0 Å². The van der Waals surface area contributed by atoms with Crippen LogP contribution in [0.5, 0.6) is 0 Å². The Balaban J connectivity index is 1.66. The largest absolute Gasteiger partial charge is 0.480 e. The van der Waals surface area contributed by atoms with E-state index < -0.39 is 5.97 Å². The van der Waals surface area contributed by atoms with Gasteiger partial charge in [-0.1, -0.05) is 12.5 Å². The first-order valence-corrected chi connectivity index (χ1v) is 7.63. The molecule has 3 nitrogen and oxygen atoms in total. The molecule has 0 spiro atoms. The number of fused-ring (bicyclic) bond motifs is 1. The second kappa shape index (κ2) is 5.02. The number of carboxylic acid groups (broad SMARTS) is 1. The van der Waals surface area contributed by atoms with Crippen LogP contribution in [-0.2, 0) is 11.2 Å². The van der Waals surface area contributed by atoms with Gasteiger partial charge < -0.3 is 5.11 Å². The van der Waals surface area contributed by atoms with Gasteiger partial charge in [0, 0.05) is 18.0 Å². The second-order valence-corrected chi connectivity index (χ2v) is 6.49. The first-order valence-electron chi connectivity index (χ1n) is 6.75. The van der Waals surface area contributed by atoms with E-state index in [9.17, 15) is 9.90 Å². The van der Waals surface area contributed by atoms with E-state index in [4.69, 9.17) is 0 Å². The van der Waals surface area contributed by atoms with E-state index in [1.54, 1.807) is 11.3 Å². The number of carbonyl (C=O) groups is 1. The van der Waals surface area contributed by atoms with Gasteiger partial charge in [-0.05, 0) is 42.5 Å². The lowest BCUT2D eigenvalue weighted by atomic mass is 9.94. The van der Waals surface area contributed by atoms with E-state index in [1.807, 2.05) is 0 Å². The van der Waals surface area contributed by atoms with Crippen LogP contribution in [-0.4, -0.2) is 35.1 Å². The maximum atomic E-state index is 11.5. The summed E-state index contributed by atoms with van der Waals surface area (Å²) in [4.78, 5) is 15.0. The zero-order valence-electron chi connectivity index (χ0n) is 10.4. The van der Waals surface area contributed by atoms with Gasteiger partial charge in [-0.3, -0.25) is 9.69 Å². The van der Waals surface area contributed by atoms with E-state index in [0.717, 1.165) is 25.9 Å². The number of thiophene rings is 1. The number of rotatable bonds is 4. The first kappa shape index (κ1) is 12.2. The van der Waals surface area contributed by atoms with Crippen LogP contribution in [0.25, 0.3) is 0 Å². The van der Waals surface area contributed by atoms with Crippen LogP contribution >= 0.6 is 11.3 Å². The number of hydrogen-bond donors (Lipinski definition) is 1. The topological polar surface area (TPSA) is 40.5 Å². The summed E-state index contributed by atoms with van der Waals surface area (Å²) in [6, 6.07) is 3.97. The van der Waals surface area contributed by atoms with Crippen molar-refractivity contribution in [3.05, 3.63) is 22.4 Å². The van der Waals surface area contributed by atoms with Gasteiger partial charge in [-0.15, -0.1) is 11.3 Å². The molecule has 0 radical (unpaired) electrons. The van der Waals surface area contributed by atoms with E-state index in [1.165, 1.54) is 17.7 Å². The van der Waals surface area contributed by atoms with Crippen molar-refractivity contribution in [1.29, 1.82) is 0 Å². The molecule has 0 aromatic carbocycles. The summed E-state index contributed by atoms with van der Waals surface area (Å²) in [5.74, 6) is 0.427. The molecule has 4 heteroatoms. The summed E-state index contributed by atoms with van der Waals surface area (Å²) in [5, 5.41) is 11.5. The molecule has 1 N–H and O–H groups in total. The summed E-state index contributed by atoms with van der Waals surface area (Å²) in [5.41, 5.74) is 0. The molecule has 1 saturated carbocycles. The fourth-order valence-electron chi connectivity index (χ4n) is 3.67. The zero-order valence-corrected chi connectivity index (χ0v) is 11.2. The second-order valence-electron chi connectivity index (χ2n) is 5.46. The highest BCUT2D eigenvalue weighted by atomic mass is 32.1. The molecule has 3 atom stereocenters. The zero-order chi connectivity index (χ0) is 12.5. The average molecular weight is 265 g/mol. The van der Waals surface area contributed by atoms with Crippen LogP contribution < -0.4 is 0 Å². The molecule has 1 aliphatic carbocycles. The summed E-state index contributed by atoms with van der Waals surface area (Å²) in [6.07, 6.45) is 4.54. The summed E-state index contributed by atoms with van der Waals surface area (Å²) in [6.45, 7) is 1.89. The molecule has 2 aliphatic rings. The third-order valence-corrected chi connectivity index (χ3v) is 5.40. The van der Waals surface area contributed by atoms with Crippen molar-refractivity contribution < 1.29 is 9.90 Å². The molecular weight excluding hydrogens is 246 g/mol. The monoisotopic (exact) mass is 265 g/mol. The van der Waals surface area contributed by atoms with Gasteiger partial charge in [0.1, 0.15) is 6.04 Å². The summed E-state index contributed by atoms with van der Waals surface area (Å²) >= 11 is 1.76. The van der Waals surface area contributed by atoms with E-state index >= 15 is 0 Å². The number of carboxylic acids is 1. The van der Waals surface area contributed by atoms with Gasteiger partial charge in [-0.2, -0.15) is 0 Å². The Kier molecular flexibility index (Phi) is 3.39. The van der Waals surface area contributed by atoms with Crippen molar-refractivity contribution in [2.45, 2.75) is 31.7 Å². The highest BCUT2D eigenvalue weighted by Crippen LogP contribution is 2.42. The Labute approximate surface area is 111 Å². The lowest BCUT2D eigenvalue weighted by Gasteiger charge is -2.23. The molecule has 0 amide bonds. The van der Waals surface area contributed by atoms with Crippen molar-refractivity contribution in [2.75, 3.05) is 13.1 Å². The van der Waals surface area contributed by atoms with Gasteiger partial charge in [-0.25, -0.2) is 0 Å². The molecule has 2 heterocycles. The Morgan fingerprint density at radius 2 is 2.39 bits per heavy atom. The standard InChI is InChI=1S/C14H19NO2S/c16-14(17)13-12-5-1-3-10(12)9-15(13)7-6-11-4-2-8-18-11/h2,4,8,10,12-13H,1,3,5-7,9H2,(H,16,17). The van der Waals surface area contributed by atoms with Crippen molar-refractivity contribution >= 4 is 17.3 Å². The van der Waals surface area contributed by atoms with Crippen LogP contribution in [0.2, 0.25) is 0 Å². The van der Waals surface area contributed by atoms with Gasteiger partial charge in [0.15, 0.2) is 0 Å². The van der Waals surface area contributed by atoms with Gasteiger partial charge in [0.25, 0.3) is 0 Å². The highest BCUT2D eigenvalue weighted by Gasteiger charge is 2.47. The summed E-state index contributed by atoms with van der Waals surface area (Å²) in [7, 11) is 0. The van der Waals surface area contributed by atoms with Gasteiger partial charge in [0.2, 0.25) is 0 Å². The molecule has 2 fully saturated rings. The normalized spacial score (nSPS) is 31.7. The number of hydrogen-bond acceptors (Lipinski definition) is 3. The van der Waals surface area contributed by atoms with Crippen LogP contribution in [0.15, 0.2) is 17.5 Å². The SMILES string of the molecule is O=C(O)C1C2CCCC2CN1CCc1cccs1. The molecule has 1 aromatic rings. The van der Waals surface area contributed by atoms with Crippen LogP contribution in [0.3, 0.4) is 0 Å². The number of aliphatic carboxylic acids is 1. The van der Waals surface area contributed by atoms with E-state index in [-0.39, 0.29) is 6.04 Å². The molecule has 18 heavy (non-hydrogen) atoms. The van der Waals surface area contributed by atoms with Crippen molar-refractivity contribution in [1.82, 2.24) is 4.90 Å². The Hall–Kier alpha value is -0.870. The van der Waals surface area contributed by atoms with Gasteiger partial charge in [0.05, 0.1) is 0 Å². The minimum Gasteiger partial charge on any atom is -0.480 e. The highest BCUT2D eigenvalue weighted by molar-refractivity contribution is 7.09. The third kappa shape index (κ3) is 2.19. The number of likely N-dealkylation sites (tertiary alicyclic amines) is 1. The molecule has 3 rings (SSSR count). The van der Waals surface area contributed by atoms with Crippen molar-refractivity contribution in [3.63, 3.8) is 0 Å². The maximum Gasteiger partial charge on any atom is 0.321 e. The predicted molar refractivity (Wildman–Crippen MR) is 71.9 cm³/mol. The molecular formula is C14H19NO2S. The Bertz CT molecular complexity index is 417. The van der Waals surface area contributed by atoms with E-state index in [0.29, 0.717) is 11.8 Å². The third-order valence-electron chi connectivity index (χ3n) is 4.46. The molecule has 1 aromatic heterocycles. The molecule has 0 bridgehead atoms. The molecule has 1 saturated heterocycles. The van der Waals surface area contributed by atoms with Crippen LogP contribution in [0, 0.1) is 11.8 Å².